The molecule has 36 heavy (non-hydrogen) atoms. The predicted octanol–water partition coefficient (Wildman–Crippen LogP) is 10.0. The Balaban J connectivity index is 2.10. The van der Waals surface area contributed by atoms with Gasteiger partial charge < -0.3 is 0 Å². The Morgan fingerprint density at radius 1 is 0.500 bits per heavy atom. The van der Waals surface area contributed by atoms with E-state index in [1.54, 1.807) is 0 Å². The molecule has 0 aliphatic heterocycles. The maximum Gasteiger partial charge on any atom is 0.185 e. The molecule has 0 atom stereocenters. The molecule has 0 bridgehead atoms. The lowest BCUT2D eigenvalue weighted by Crippen LogP contribution is -2.11. The summed E-state index contributed by atoms with van der Waals surface area (Å²) in [5.74, 6) is 0.443. The van der Waals surface area contributed by atoms with Gasteiger partial charge in [-0.3, -0.25) is 9.59 Å². The Morgan fingerprint density at radius 3 is 1.42 bits per heavy atom. The first kappa shape index (κ1) is 30.0. The molecule has 0 unspecified atom stereocenters. The molecule has 0 radical (unpaired) electrons. The lowest BCUT2D eigenvalue weighted by atomic mass is 9.87. The first-order valence-corrected chi connectivity index (χ1v) is 14.8. The van der Waals surface area contributed by atoms with E-state index in [2.05, 4.69) is 51.2 Å². The van der Waals surface area contributed by atoms with Crippen molar-refractivity contribution in [3.05, 3.63) is 69.9 Å². The van der Waals surface area contributed by atoms with Gasteiger partial charge in [-0.05, 0) is 80.1 Å². The zero-order valence-electron chi connectivity index (χ0n) is 23.6. The van der Waals surface area contributed by atoms with E-state index in [0.717, 1.165) is 72.0 Å². The predicted molar refractivity (Wildman–Crippen MR) is 155 cm³/mol. The van der Waals surface area contributed by atoms with Crippen molar-refractivity contribution in [2.24, 2.45) is 0 Å². The summed E-state index contributed by atoms with van der Waals surface area (Å²) in [4.78, 5) is 25.7. The minimum Gasteiger partial charge on any atom is -0.289 e. The van der Waals surface area contributed by atoms with Crippen LogP contribution >= 0.6 is 0 Å². The van der Waals surface area contributed by atoms with Crippen molar-refractivity contribution < 1.29 is 9.59 Å². The highest BCUT2D eigenvalue weighted by Gasteiger charge is 2.19. The van der Waals surface area contributed by atoms with Crippen molar-refractivity contribution in [3.8, 4) is 0 Å². The van der Waals surface area contributed by atoms with E-state index >= 15 is 0 Å². The molecule has 0 heterocycles. The van der Waals surface area contributed by atoms with Crippen LogP contribution in [0.25, 0.3) is 0 Å². The van der Waals surface area contributed by atoms with Gasteiger partial charge in [-0.25, -0.2) is 0 Å². The number of ketones is 2. The van der Waals surface area contributed by atoms with Crippen LogP contribution in [0.4, 0.5) is 0 Å². The topological polar surface area (TPSA) is 34.1 Å². The molecular weight excluding hydrogens is 440 g/mol. The standard InChI is InChI=1S/C34H50O2/c1-5-8-10-12-14-16-19-31-24-28(23-27(4)33(31)35)21-22-29-25-30(18-7-3)34(36)32(26-29)20-17-15-13-11-9-6-2/h21-26H,5-20H2,1-4H3/b28-21-,29-22-. The molecule has 0 N–H and O–H groups in total. The zero-order chi connectivity index (χ0) is 26.2. The molecule has 0 saturated heterocycles. The van der Waals surface area contributed by atoms with Crippen molar-refractivity contribution in [3.63, 3.8) is 0 Å². The largest absolute Gasteiger partial charge is 0.289 e. The van der Waals surface area contributed by atoms with Crippen molar-refractivity contribution >= 4 is 11.6 Å². The molecule has 198 valence electrons. The van der Waals surface area contributed by atoms with Crippen molar-refractivity contribution in [2.75, 3.05) is 0 Å². The average Bonchev–Trinajstić information content (AvgIpc) is 2.87. The third kappa shape index (κ3) is 10.4. The summed E-state index contributed by atoms with van der Waals surface area (Å²) < 4.78 is 0. The highest BCUT2D eigenvalue weighted by Crippen LogP contribution is 2.27. The molecule has 0 fully saturated rings. The van der Waals surface area contributed by atoms with Gasteiger partial charge in [0.1, 0.15) is 0 Å². The second kappa shape index (κ2) is 17.3. The van der Waals surface area contributed by atoms with Crippen LogP contribution in [0.5, 0.6) is 0 Å². The maximum absolute atomic E-state index is 13.0. The van der Waals surface area contributed by atoms with Crippen LogP contribution in [0.2, 0.25) is 0 Å². The van der Waals surface area contributed by atoms with E-state index in [-0.39, 0.29) is 11.6 Å². The number of unbranched alkanes of at least 4 members (excludes halogenated alkanes) is 10. The molecule has 0 saturated carbocycles. The summed E-state index contributed by atoms with van der Waals surface area (Å²) in [6.07, 6.45) is 30.8. The second-order valence-corrected chi connectivity index (χ2v) is 10.6. The highest BCUT2D eigenvalue weighted by atomic mass is 16.1. The molecule has 0 aromatic carbocycles. The van der Waals surface area contributed by atoms with Gasteiger partial charge in [-0.15, -0.1) is 0 Å². The molecular formula is C34H50O2. The van der Waals surface area contributed by atoms with Crippen molar-refractivity contribution in [1.29, 1.82) is 0 Å². The molecule has 2 nitrogen and oxygen atoms in total. The van der Waals surface area contributed by atoms with Crippen molar-refractivity contribution in [2.45, 2.75) is 130 Å². The number of rotatable bonds is 17. The molecule has 2 rings (SSSR count). The Morgan fingerprint density at radius 2 is 0.917 bits per heavy atom. The highest BCUT2D eigenvalue weighted by molar-refractivity contribution is 6.10. The van der Waals surface area contributed by atoms with Gasteiger partial charge in [0.15, 0.2) is 11.6 Å². The minimum atomic E-state index is 0.197. The number of allylic oxidation sites excluding steroid dienone is 12. The van der Waals surface area contributed by atoms with E-state index in [9.17, 15) is 9.59 Å². The lowest BCUT2D eigenvalue weighted by molar-refractivity contribution is -0.113. The Hall–Kier alpha value is -2.22. The third-order valence-electron chi connectivity index (χ3n) is 7.23. The fourth-order valence-corrected chi connectivity index (χ4v) is 5.06. The van der Waals surface area contributed by atoms with Crippen LogP contribution in [0.15, 0.2) is 69.9 Å². The van der Waals surface area contributed by atoms with Crippen LogP contribution in [-0.4, -0.2) is 11.6 Å². The Labute approximate surface area is 221 Å². The second-order valence-electron chi connectivity index (χ2n) is 10.6. The summed E-state index contributed by atoms with van der Waals surface area (Å²) in [6, 6.07) is 0. The van der Waals surface area contributed by atoms with Gasteiger partial charge in [-0.2, -0.15) is 0 Å². The number of carbonyl (C=O) groups is 2. The van der Waals surface area contributed by atoms with Crippen LogP contribution < -0.4 is 0 Å². The molecule has 0 amide bonds. The molecule has 0 aromatic rings. The number of hydrogen-bond acceptors (Lipinski definition) is 2. The van der Waals surface area contributed by atoms with Gasteiger partial charge >= 0.3 is 0 Å². The number of carbonyl (C=O) groups excluding carboxylic acids is 2. The lowest BCUT2D eigenvalue weighted by Gasteiger charge is -2.16. The van der Waals surface area contributed by atoms with Crippen molar-refractivity contribution in [1.82, 2.24) is 0 Å². The molecule has 0 aromatic heterocycles. The Bertz CT molecular complexity index is 917. The summed E-state index contributed by atoms with van der Waals surface area (Å²) >= 11 is 0. The monoisotopic (exact) mass is 490 g/mol. The fraction of sp³-hybridized carbons (Fsp3) is 0.588. The van der Waals surface area contributed by atoms with E-state index in [1.165, 1.54) is 64.2 Å². The zero-order valence-corrected chi connectivity index (χ0v) is 23.6. The summed E-state index contributed by atoms with van der Waals surface area (Å²) in [5.41, 5.74) is 5.84. The third-order valence-corrected chi connectivity index (χ3v) is 7.23. The van der Waals surface area contributed by atoms with Gasteiger partial charge in [-0.1, -0.05) is 104 Å². The van der Waals surface area contributed by atoms with E-state index in [4.69, 9.17) is 0 Å². The SMILES string of the molecule is CCCCCCCCC1=C/C(=C\C=C2\C=C(CCC)C(=O)C(CCCCCCCC)=C2)C=C(C)C1=O. The van der Waals surface area contributed by atoms with E-state index < -0.39 is 0 Å². The summed E-state index contributed by atoms with van der Waals surface area (Å²) in [6.45, 7) is 8.54. The molecule has 2 aliphatic rings. The molecule has 2 heteroatoms. The van der Waals surface area contributed by atoms with Crippen LogP contribution in [0.3, 0.4) is 0 Å². The molecule has 2 aliphatic carbocycles. The van der Waals surface area contributed by atoms with Gasteiger partial charge in [0.25, 0.3) is 0 Å². The van der Waals surface area contributed by atoms with Gasteiger partial charge in [0, 0.05) is 16.7 Å². The van der Waals surface area contributed by atoms with E-state index in [1.807, 2.05) is 13.0 Å². The first-order chi connectivity index (χ1) is 17.5. The van der Waals surface area contributed by atoms with Gasteiger partial charge in [0.2, 0.25) is 0 Å². The van der Waals surface area contributed by atoms with E-state index in [0.29, 0.717) is 0 Å². The fourth-order valence-electron chi connectivity index (χ4n) is 5.06. The Kier molecular flexibility index (Phi) is 14.4. The average molecular weight is 491 g/mol. The minimum absolute atomic E-state index is 0.197. The number of hydrogen-bond donors (Lipinski definition) is 0. The number of Topliss-reactive ketones (excluding diaryl/α,β-unsaturated/α-hetero) is 2. The summed E-state index contributed by atoms with van der Waals surface area (Å²) in [7, 11) is 0. The van der Waals surface area contributed by atoms with Crippen LogP contribution in [0.1, 0.15) is 130 Å². The maximum atomic E-state index is 13.0. The quantitative estimate of drug-likeness (QED) is 0.190. The van der Waals surface area contributed by atoms with Gasteiger partial charge in [0.05, 0.1) is 0 Å². The first-order valence-electron chi connectivity index (χ1n) is 14.8. The normalized spacial score (nSPS) is 18.4. The molecule has 0 spiro atoms. The van der Waals surface area contributed by atoms with Crippen LogP contribution in [0, 0.1) is 0 Å². The smallest absolute Gasteiger partial charge is 0.185 e. The van der Waals surface area contributed by atoms with Crippen LogP contribution in [-0.2, 0) is 9.59 Å². The summed E-state index contributed by atoms with van der Waals surface area (Å²) in [5, 5.41) is 0.